The van der Waals surface area contributed by atoms with E-state index in [1.54, 1.807) is 24.4 Å². The topological polar surface area (TPSA) is 21.7 Å². The van der Waals surface area contributed by atoms with Crippen LogP contribution in [0.4, 0.5) is 8.78 Å². The zero-order valence-electron chi connectivity index (χ0n) is 14.4. The smallest absolute Gasteiger partial charge is 0.348 e. The van der Waals surface area contributed by atoms with Gasteiger partial charge in [-0.2, -0.15) is 30.3 Å². The van der Waals surface area contributed by atoms with E-state index in [2.05, 4.69) is 23.4 Å². The first-order valence-corrected chi connectivity index (χ1v) is 7.85. The summed E-state index contributed by atoms with van der Waals surface area (Å²) in [5, 5.41) is 0. The summed E-state index contributed by atoms with van der Waals surface area (Å²) in [6.45, 7) is 0. The van der Waals surface area contributed by atoms with Crippen molar-refractivity contribution in [2.24, 2.45) is 7.05 Å². The molecule has 2 aromatic heterocycles. The maximum absolute atomic E-state index is 13.2. The number of halogens is 2. The number of imidazole rings is 1. The first-order chi connectivity index (χ1) is 12.6. The van der Waals surface area contributed by atoms with Gasteiger partial charge in [0, 0.05) is 30.2 Å². The van der Waals surface area contributed by atoms with Gasteiger partial charge in [-0.3, -0.25) is 8.78 Å². The number of pyridine rings is 1. The Morgan fingerprint density at radius 3 is 2.48 bits per heavy atom. The van der Waals surface area contributed by atoms with E-state index in [9.17, 15) is 8.78 Å². The van der Waals surface area contributed by atoms with Crippen molar-refractivity contribution in [3.05, 3.63) is 103 Å². The zero-order chi connectivity index (χ0) is 18.4. The number of aromatic nitrogens is 3. The van der Waals surface area contributed by atoms with Crippen molar-refractivity contribution in [1.82, 2.24) is 9.55 Å². The van der Waals surface area contributed by atoms with Crippen LogP contribution in [0.5, 0.6) is 0 Å². The molecule has 0 amide bonds. The van der Waals surface area contributed by atoms with Crippen LogP contribution in [0.1, 0.15) is 0 Å². The summed E-state index contributed by atoms with van der Waals surface area (Å²) in [4.78, 5) is 3.95. The van der Waals surface area contributed by atoms with E-state index in [-0.39, 0.29) is 25.7 Å². The van der Waals surface area contributed by atoms with Crippen LogP contribution in [0.25, 0.3) is 16.9 Å². The first kappa shape index (κ1) is 20.6. The van der Waals surface area contributed by atoms with E-state index >= 15 is 0 Å². The Hall–Kier alpha value is -2.69. The van der Waals surface area contributed by atoms with Crippen molar-refractivity contribution < 1.29 is 33.5 Å². The van der Waals surface area contributed by atoms with Gasteiger partial charge in [0.2, 0.25) is 6.33 Å². The third kappa shape index (κ3) is 5.64. The SMILES string of the molecule is C[n+]1[c-]n(-c2[c-]cccc2)cc1.Fc1c[c-]c(-c2ccccn2)c(F)c1.[Ir+3]. The van der Waals surface area contributed by atoms with Gasteiger partial charge in [-0.15, -0.1) is 12.1 Å². The third-order valence-electron chi connectivity index (χ3n) is 3.44. The van der Waals surface area contributed by atoms with E-state index in [4.69, 9.17) is 0 Å². The molecule has 6 heteroatoms. The minimum absolute atomic E-state index is 0. The van der Waals surface area contributed by atoms with Gasteiger partial charge >= 0.3 is 20.1 Å². The van der Waals surface area contributed by atoms with Gasteiger partial charge in [0.05, 0.1) is 7.05 Å². The first-order valence-electron chi connectivity index (χ1n) is 7.85. The fraction of sp³-hybridized carbons (Fsp3) is 0.0476. The van der Waals surface area contributed by atoms with Crippen LogP contribution in [0.3, 0.4) is 0 Å². The summed E-state index contributed by atoms with van der Waals surface area (Å²) in [7, 11) is 1.94. The molecule has 0 saturated heterocycles. The van der Waals surface area contributed by atoms with Crippen LogP contribution in [-0.4, -0.2) is 9.55 Å². The molecule has 0 atom stereocenters. The molecule has 27 heavy (non-hydrogen) atoms. The molecule has 0 unspecified atom stereocenters. The number of para-hydroxylation sites is 1. The molecule has 0 spiro atoms. The van der Waals surface area contributed by atoms with Crippen molar-refractivity contribution >= 4 is 0 Å². The van der Waals surface area contributed by atoms with Gasteiger partial charge in [0.25, 0.3) is 0 Å². The van der Waals surface area contributed by atoms with E-state index in [0.717, 1.165) is 17.8 Å². The molecule has 2 aromatic carbocycles. The molecule has 4 aromatic rings. The quantitative estimate of drug-likeness (QED) is 0.281. The van der Waals surface area contributed by atoms with Crippen LogP contribution in [-0.2, 0) is 27.2 Å². The van der Waals surface area contributed by atoms with Gasteiger partial charge < -0.3 is 14.1 Å². The van der Waals surface area contributed by atoms with Crippen LogP contribution >= 0.6 is 0 Å². The van der Waals surface area contributed by atoms with Gasteiger partial charge in [0.1, 0.15) is 0 Å². The van der Waals surface area contributed by atoms with E-state index in [0.29, 0.717) is 5.69 Å². The summed E-state index contributed by atoms with van der Waals surface area (Å²) in [6, 6.07) is 20.5. The molecule has 2 heterocycles. The molecular formula is C21H15F2IrN3+. The van der Waals surface area contributed by atoms with Crippen molar-refractivity contribution in [1.29, 1.82) is 0 Å². The Kier molecular flexibility index (Phi) is 7.53. The molecule has 136 valence electrons. The monoisotopic (exact) mass is 540 g/mol. The molecule has 0 bridgehead atoms. The summed E-state index contributed by atoms with van der Waals surface area (Å²) >= 11 is 0. The number of aryl methyl sites for hydroxylation is 1. The fourth-order valence-electron chi connectivity index (χ4n) is 2.22. The average Bonchev–Trinajstić information content (AvgIpc) is 3.10. The summed E-state index contributed by atoms with van der Waals surface area (Å²) < 4.78 is 29.6. The fourth-order valence-corrected chi connectivity index (χ4v) is 2.22. The van der Waals surface area contributed by atoms with Gasteiger partial charge in [-0.05, 0) is 11.8 Å². The largest absolute Gasteiger partial charge is 3.00 e. The van der Waals surface area contributed by atoms with Crippen LogP contribution < -0.4 is 4.57 Å². The molecule has 4 rings (SSSR count). The van der Waals surface area contributed by atoms with Gasteiger partial charge in [-0.1, -0.05) is 29.4 Å². The Morgan fingerprint density at radius 2 is 1.89 bits per heavy atom. The van der Waals surface area contributed by atoms with Crippen LogP contribution in [0.2, 0.25) is 0 Å². The van der Waals surface area contributed by atoms with Crippen molar-refractivity contribution in [2.75, 3.05) is 0 Å². The maximum Gasteiger partial charge on any atom is 3.00 e. The molecule has 0 saturated carbocycles. The predicted octanol–water partition coefficient (Wildman–Crippen LogP) is 3.73. The maximum atomic E-state index is 13.2. The van der Waals surface area contributed by atoms with E-state index in [1.807, 2.05) is 52.8 Å². The normalized spacial score (nSPS) is 9.74. The van der Waals surface area contributed by atoms with Crippen molar-refractivity contribution in [2.45, 2.75) is 0 Å². The van der Waals surface area contributed by atoms with E-state index < -0.39 is 11.6 Å². The van der Waals surface area contributed by atoms with Crippen molar-refractivity contribution in [3.8, 4) is 16.9 Å². The second-order valence-corrected chi connectivity index (χ2v) is 5.38. The number of nitrogens with zero attached hydrogens (tertiary/aromatic N) is 3. The molecule has 0 N–H and O–H groups in total. The summed E-state index contributed by atoms with van der Waals surface area (Å²) in [5.74, 6) is -1.29. The number of benzene rings is 2. The van der Waals surface area contributed by atoms with Crippen LogP contribution in [0.15, 0.2) is 73.2 Å². The minimum Gasteiger partial charge on any atom is -0.348 e. The standard InChI is InChI=1S/C11H6F2N.C10H9N2.Ir/c12-8-4-5-9(10(13)7-8)11-3-1-2-6-14-11;1-11-7-8-12(9-11)10-5-3-2-4-6-10;/h1-4,6-7H;2-5,7-8H,1H3;/q2*-1;+3. The average molecular weight is 540 g/mol. The molecule has 0 aliphatic rings. The molecule has 0 aliphatic heterocycles. The number of hydrogen-bond donors (Lipinski definition) is 0. The molecule has 0 radical (unpaired) electrons. The van der Waals surface area contributed by atoms with Crippen LogP contribution in [0, 0.1) is 30.1 Å². The molecule has 3 nitrogen and oxygen atoms in total. The summed E-state index contributed by atoms with van der Waals surface area (Å²) in [6.07, 6.45) is 8.54. The molecular weight excluding hydrogens is 524 g/mol. The number of hydrogen-bond acceptors (Lipinski definition) is 1. The molecule has 0 aliphatic carbocycles. The Morgan fingerprint density at radius 1 is 1.07 bits per heavy atom. The van der Waals surface area contributed by atoms with Gasteiger partial charge in [0.15, 0.2) is 0 Å². The number of rotatable bonds is 2. The Labute approximate surface area is 170 Å². The summed E-state index contributed by atoms with van der Waals surface area (Å²) in [5.41, 5.74) is 1.65. The Balaban J connectivity index is 0.000000189. The predicted molar refractivity (Wildman–Crippen MR) is 93.0 cm³/mol. The van der Waals surface area contributed by atoms with E-state index in [1.165, 1.54) is 0 Å². The van der Waals surface area contributed by atoms with Gasteiger partial charge in [-0.25, -0.2) is 0 Å². The third-order valence-corrected chi connectivity index (χ3v) is 3.44. The zero-order valence-corrected chi connectivity index (χ0v) is 16.8. The Bertz CT molecular complexity index is 973. The second-order valence-electron chi connectivity index (χ2n) is 5.38. The minimum atomic E-state index is -0.649. The second kappa shape index (κ2) is 9.86. The molecule has 0 fully saturated rings. The van der Waals surface area contributed by atoms with Crippen molar-refractivity contribution in [3.63, 3.8) is 0 Å².